The lowest BCUT2D eigenvalue weighted by Crippen LogP contribution is -2.24. The van der Waals surface area contributed by atoms with Gasteiger partial charge in [-0.05, 0) is 41.8 Å². The molecule has 0 saturated heterocycles. The van der Waals surface area contributed by atoms with Gasteiger partial charge in [-0.25, -0.2) is 9.82 Å². The summed E-state index contributed by atoms with van der Waals surface area (Å²) in [5, 5.41) is 9.67. The average molecular weight is 495 g/mol. The normalized spacial score (nSPS) is 11.2. The third-order valence-electron chi connectivity index (χ3n) is 5.76. The lowest BCUT2D eigenvalue weighted by atomic mass is 10.1. The molecule has 5 rings (SSSR count). The van der Waals surface area contributed by atoms with Crippen LogP contribution < -0.4 is 15.5 Å². The van der Waals surface area contributed by atoms with E-state index in [1.165, 1.54) is 30.5 Å². The second kappa shape index (κ2) is 10.7. The van der Waals surface area contributed by atoms with Crippen LogP contribution in [0.4, 0.5) is 10.1 Å². The monoisotopic (exact) mass is 494 g/mol. The predicted molar refractivity (Wildman–Crippen MR) is 142 cm³/mol. The Morgan fingerprint density at radius 2 is 1.59 bits per heavy atom. The van der Waals surface area contributed by atoms with Gasteiger partial charge in [0, 0.05) is 33.7 Å². The number of hydrogen-bond acceptors (Lipinski definition) is 4. The number of hydrogen-bond donors (Lipinski definition) is 2. The minimum atomic E-state index is -0.397. The molecule has 0 bridgehead atoms. The Morgan fingerprint density at radius 1 is 0.865 bits per heavy atom. The zero-order valence-electron chi connectivity index (χ0n) is 19.7. The summed E-state index contributed by atoms with van der Waals surface area (Å²) in [6.07, 6.45) is 3.32. The maximum atomic E-state index is 13.1. The largest absolute Gasteiger partial charge is 0.483 e. The van der Waals surface area contributed by atoms with Gasteiger partial charge >= 0.3 is 0 Å². The summed E-state index contributed by atoms with van der Waals surface area (Å²) in [4.78, 5) is 24.9. The Morgan fingerprint density at radius 3 is 2.43 bits per heavy atom. The molecule has 0 aliphatic heterocycles. The van der Waals surface area contributed by atoms with Crippen LogP contribution in [0.15, 0.2) is 102 Å². The number of para-hydroxylation sites is 1. The number of halogens is 1. The quantitative estimate of drug-likeness (QED) is 0.233. The fourth-order valence-electron chi connectivity index (χ4n) is 4.07. The number of ether oxygens (including phenoxy) is 1. The van der Waals surface area contributed by atoms with Crippen LogP contribution in [0.1, 0.15) is 5.56 Å². The molecule has 8 heteroatoms. The molecule has 1 aromatic heterocycles. The first-order chi connectivity index (χ1) is 18.1. The van der Waals surface area contributed by atoms with Crippen LogP contribution in [0.3, 0.4) is 0 Å². The smallest absolute Gasteiger partial charge is 0.277 e. The molecule has 0 spiro atoms. The highest BCUT2D eigenvalue weighted by Crippen LogP contribution is 2.25. The van der Waals surface area contributed by atoms with Crippen molar-refractivity contribution in [3.05, 3.63) is 109 Å². The van der Waals surface area contributed by atoms with Crippen molar-refractivity contribution in [2.24, 2.45) is 5.10 Å². The van der Waals surface area contributed by atoms with E-state index < -0.39 is 5.91 Å². The standard InChI is InChI=1S/C29H23FN4O3/c30-22-12-14-23(15-13-22)32-28(35)18-34-17-21(24-8-3-4-10-26(24)34)16-31-33-29(36)19-37-27-11-5-7-20-6-1-2-9-25(20)27/h1-17H,18-19H2,(H,32,35)(H,33,36). The lowest BCUT2D eigenvalue weighted by Gasteiger charge is -2.08. The van der Waals surface area contributed by atoms with E-state index in [0.29, 0.717) is 11.4 Å². The molecule has 5 aromatic rings. The lowest BCUT2D eigenvalue weighted by molar-refractivity contribution is -0.123. The molecule has 0 aliphatic rings. The number of rotatable bonds is 8. The number of anilines is 1. The fraction of sp³-hybridized carbons (Fsp3) is 0.0690. The molecule has 7 nitrogen and oxygen atoms in total. The Bertz CT molecular complexity index is 1600. The molecule has 0 fully saturated rings. The first kappa shape index (κ1) is 23.7. The second-order valence-electron chi connectivity index (χ2n) is 8.34. The predicted octanol–water partition coefficient (Wildman–Crippen LogP) is 5.10. The van der Waals surface area contributed by atoms with Gasteiger partial charge in [-0.3, -0.25) is 9.59 Å². The van der Waals surface area contributed by atoms with Gasteiger partial charge in [-0.2, -0.15) is 5.10 Å². The van der Waals surface area contributed by atoms with Gasteiger partial charge in [0.2, 0.25) is 5.91 Å². The number of benzene rings is 4. The topological polar surface area (TPSA) is 84.7 Å². The highest BCUT2D eigenvalue weighted by Gasteiger charge is 2.11. The molecule has 2 amide bonds. The van der Waals surface area contributed by atoms with Crippen LogP contribution in [0.5, 0.6) is 5.75 Å². The number of hydrazone groups is 1. The van der Waals surface area contributed by atoms with Crippen LogP contribution >= 0.6 is 0 Å². The molecule has 0 unspecified atom stereocenters. The van der Waals surface area contributed by atoms with E-state index in [9.17, 15) is 14.0 Å². The van der Waals surface area contributed by atoms with E-state index in [4.69, 9.17) is 4.74 Å². The molecular formula is C29H23FN4O3. The maximum Gasteiger partial charge on any atom is 0.277 e. The van der Waals surface area contributed by atoms with Crippen molar-refractivity contribution in [2.75, 3.05) is 11.9 Å². The van der Waals surface area contributed by atoms with E-state index in [1.54, 1.807) is 10.8 Å². The minimum Gasteiger partial charge on any atom is -0.483 e. The molecule has 0 atom stereocenters. The van der Waals surface area contributed by atoms with E-state index >= 15 is 0 Å². The van der Waals surface area contributed by atoms with Gasteiger partial charge in [0.05, 0.1) is 6.21 Å². The summed E-state index contributed by atoms with van der Waals surface area (Å²) in [5.41, 5.74) is 4.57. The second-order valence-corrected chi connectivity index (χ2v) is 8.34. The van der Waals surface area contributed by atoms with E-state index in [-0.39, 0.29) is 24.9 Å². The van der Waals surface area contributed by atoms with Crippen molar-refractivity contribution in [3.8, 4) is 5.75 Å². The van der Waals surface area contributed by atoms with Crippen molar-refractivity contribution < 1.29 is 18.7 Å². The highest BCUT2D eigenvalue weighted by molar-refractivity contribution is 6.01. The number of nitrogens with zero attached hydrogens (tertiary/aromatic N) is 2. The summed E-state index contributed by atoms with van der Waals surface area (Å²) < 4.78 is 20.6. The Balaban J connectivity index is 1.23. The van der Waals surface area contributed by atoms with Crippen molar-refractivity contribution in [1.82, 2.24) is 9.99 Å². The van der Waals surface area contributed by atoms with E-state index in [2.05, 4.69) is 15.8 Å². The summed E-state index contributed by atoms with van der Waals surface area (Å²) in [6, 6.07) is 26.6. The van der Waals surface area contributed by atoms with Gasteiger partial charge in [0.25, 0.3) is 5.91 Å². The number of aromatic nitrogens is 1. The number of carbonyl (C=O) groups excluding carboxylic acids is 2. The zero-order chi connectivity index (χ0) is 25.6. The van der Waals surface area contributed by atoms with Crippen LogP contribution in [-0.2, 0) is 16.1 Å². The van der Waals surface area contributed by atoms with Crippen LogP contribution in [0.25, 0.3) is 21.7 Å². The number of carbonyl (C=O) groups is 2. The van der Waals surface area contributed by atoms with Gasteiger partial charge in [-0.1, -0.05) is 54.6 Å². The van der Waals surface area contributed by atoms with Crippen LogP contribution in [0.2, 0.25) is 0 Å². The molecular weight excluding hydrogens is 471 g/mol. The molecule has 2 N–H and O–H groups in total. The molecule has 0 saturated carbocycles. The molecule has 0 radical (unpaired) electrons. The van der Waals surface area contributed by atoms with E-state index in [0.717, 1.165) is 27.2 Å². The van der Waals surface area contributed by atoms with Crippen LogP contribution in [-0.4, -0.2) is 29.2 Å². The zero-order valence-corrected chi connectivity index (χ0v) is 19.7. The fourth-order valence-corrected chi connectivity index (χ4v) is 4.07. The summed E-state index contributed by atoms with van der Waals surface area (Å²) in [6.45, 7) is -0.131. The first-order valence-corrected chi connectivity index (χ1v) is 11.6. The Hall–Kier alpha value is -4.98. The van der Waals surface area contributed by atoms with Gasteiger partial charge < -0.3 is 14.6 Å². The maximum absolute atomic E-state index is 13.1. The number of nitrogens with one attached hydrogen (secondary N) is 2. The summed E-state index contributed by atoms with van der Waals surface area (Å²) in [5.74, 6) is -0.397. The minimum absolute atomic E-state index is 0.0525. The van der Waals surface area contributed by atoms with E-state index in [1.807, 2.05) is 66.7 Å². The van der Waals surface area contributed by atoms with Crippen molar-refractivity contribution in [2.45, 2.75) is 6.54 Å². The number of amides is 2. The molecule has 0 aliphatic carbocycles. The van der Waals surface area contributed by atoms with Crippen molar-refractivity contribution >= 4 is 45.4 Å². The van der Waals surface area contributed by atoms with Gasteiger partial charge in [0.1, 0.15) is 18.1 Å². The average Bonchev–Trinajstić information content (AvgIpc) is 3.26. The summed E-state index contributed by atoms with van der Waals surface area (Å²) >= 11 is 0. The van der Waals surface area contributed by atoms with Gasteiger partial charge in [0.15, 0.2) is 6.61 Å². The molecule has 37 heavy (non-hydrogen) atoms. The van der Waals surface area contributed by atoms with Crippen LogP contribution in [0, 0.1) is 5.82 Å². The Labute approximate surface area is 212 Å². The third kappa shape index (κ3) is 5.65. The van der Waals surface area contributed by atoms with Crippen molar-refractivity contribution in [3.63, 3.8) is 0 Å². The van der Waals surface area contributed by atoms with Gasteiger partial charge in [-0.15, -0.1) is 0 Å². The summed E-state index contributed by atoms with van der Waals surface area (Å²) in [7, 11) is 0. The van der Waals surface area contributed by atoms with Crippen molar-refractivity contribution in [1.29, 1.82) is 0 Å². The molecule has 4 aromatic carbocycles. The SMILES string of the molecule is O=C(COc1cccc2ccccc12)NN=Cc1cn(CC(=O)Nc2ccc(F)cc2)c2ccccc12. The first-order valence-electron chi connectivity index (χ1n) is 11.6. The third-order valence-corrected chi connectivity index (χ3v) is 5.76. The number of fused-ring (bicyclic) bond motifs is 2. The molecule has 1 heterocycles. The Kier molecular flexibility index (Phi) is 6.89. The molecule has 184 valence electrons. The highest BCUT2D eigenvalue weighted by atomic mass is 19.1.